The molecule has 0 aliphatic carbocycles. The van der Waals surface area contributed by atoms with Gasteiger partial charge >= 0.3 is 0 Å². The first kappa shape index (κ1) is 34.5. The van der Waals surface area contributed by atoms with Gasteiger partial charge in [-0.1, -0.05) is 194 Å². The molecule has 0 spiro atoms. The standard InChI is InChI=1S/C60H40/c1-37-19-3-5-21-40(37)57-46-27-11-15-31-50(46)59(51-32-16-12-28-47(51)57)54-35-39-36-55(43-24-8-10-26-45(43)56(39)44-25-9-7-23-42(44)54)60-52-33-17-13-29-48(52)58(41-22-6-4-20-38(41)2)49-30-14-18-34-53(49)60/h3-36H,1-2H3. The lowest BCUT2D eigenvalue weighted by molar-refractivity contribution is 1.47. The number of aryl methyl sites for hydroxylation is 2. The molecular formula is C60H40. The van der Waals surface area contributed by atoms with Gasteiger partial charge in [0.15, 0.2) is 0 Å². The van der Waals surface area contributed by atoms with E-state index in [4.69, 9.17) is 0 Å². The highest BCUT2D eigenvalue weighted by molar-refractivity contribution is 6.32. The first-order valence-electron chi connectivity index (χ1n) is 21.0. The van der Waals surface area contributed by atoms with Crippen LogP contribution in [0, 0.1) is 13.8 Å². The highest BCUT2D eigenvalue weighted by Gasteiger charge is 2.23. The molecule has 0 N–H and O–H groups in total. The molecule has 0 fully saturated rings. The number of hydrogen-bond donors (Lipinski definition) is 0. The van der Waals surface area contributed by atoms with Crippen LogP contribution in [-0.4, -0.2) is 0 Å². The number of fused-ring (bicyclic) bond motifs is 9. The number of hydrogen-bond acceptors (Lipinski definition) is 0. The molecule has 0 atom stereocenters. The number of rotatable bonds is 4. The van der Waals surface area contributed by atoms with Gasteiger partial charge in [0.2, 0.25) is 0 Å². The predicted molar refractivity (Wildman–Crippen MR) is 260 cm³/mol. The highest BCUT2D eigenvalue weighted by Crippen LogP contribution is 2.51. The second-order valence-corrected chi connectivity index (χ2v) is 16.3. The Bertz CT molecular complexity index is 3380. The van der Waals surface area contributed by atoms with E-state index in [1.54, 1.807) is 0 Å². The Labute approximate surface area is 349 Å². The molecule has 0 heterocycles. The molecule has 0 saturated heterocycles. The topological polar surface area (TPSA) is 0 Å². The van der Waals surface area contributed by atoms with Gasteiger partial charge in [-0.3, -0.25) is 0 Å². The minimum Gasteiger partial charge on any atom is -0.0620 e. The average Bonchev–Trinajstić information content (AvgIpc) is 3.30. The van der Waals surface area contributed by atoms with Crippen LogP contribution in [0.25, 0.3) is 120 Å². The van der Waals surface area contributed by atoms with Crippen molar-refractivity contribution in [3.63, 3.8) is 0 Å². The lowest BCUT2D eigenvalue weighted by atomic mass is 9.81. The largest absolute Gasteiger partial charge is 0.0620 e. The lowest BCUT2D eigenvalue weighted by Gasteiger charge is -2.22. The molecule has 60 heavy (non-hydrogen) atoms. The minimum absolute atomic E-state index is 1.24. The summed E-state index contributed by atoms with van der Waals surface area (Å²) in [7, 11) is 0. The highest BCUT2D eigenvalue weighted by atomic mass is 14.3. The van der Waals surface area contributed by atoms with Crippen LogP contribution >= 0.6 is 0 Å². The predicted octanol–water partition coefficient (Wildman–Crippen LogP) is 17.0. The summed E-state index contributed by atoms with van der Waals surface area (Å²) >= 11 is 0. The SMILES string of the molecule is Cc1ccccc1-c1c2ccccc2c(-c2cc3cc(-c4c5ccccc5c(-c5ccccc5C)c5ccccc45)c4ccccc4c3c3ccccc23)c2ccccc12. The molecule has 0 aliphatic rings. The van der Waals surface area contributed by atoms with Crippen LogP contribution in [-0.2, 0) is 0 Å². The zero-order valence-electron chi connectivity index (χ0n) is 33.6. The average molecular weight is 761 g/mol. The Kier molecular flexibility index (Phi) is 7.77. The quantitative estimate of drug-likeness (QED) is 0.124. The van der Waals surface area contributed by atoms with Crippen molar-refractivity contribution < 1.29 is 0 Å². The maximum absolute atomic E-state index is 2.50. The van der Waals surface area contributed by atoms with Crippen molar-refractivity contribution in [2.75, 3.05) is 0 Å². The molecule has 0 amide bonds. The van der Waals surface area contributed by atoms with Crippen LogP contribution in [0.1, 0.15) is 11.1 Å². The third-order valence-electron chi connectivity index (χ3n) is 13.1. The summed E-state index contributed by atoms with van der Waals surface area (Å²) in [6.07, 6.45) is 0. The van der Waals surface area contributed by atoms with Crippen LogP contribution in [0.3, 0.4) is 0 Å². The molecule has 0 nitrogen and oxygen atoms in total. The molecule has 12 aromatic rings. The maximum atomic E-state index is 2.50. The van der Waals surface area contributed by atoms with E-state index in [-0.39, 0.29) is 0 Å². The van der Waals surface area contributed by atoms with Crippen LogP contribution in [0.2, 0.25) is 0 Å². The second-order valence-electron chi connectivity index (χ2n) is 16.3. The van der Waals surface area contributed by atoms with Gasteiger partial charge in [0.05, 0.1) is 0 Å². The zero-order valence-corrected chi connectivity index (χ0v) is 33.6. The number of benzene rings is 12. The third kappa shape index (κ3) is 5.04. The van der Waals surface area contributed by atoms with E-state index in [0.717, 1.165) is 0 Å². The first-order valence-corrected chi connectivity index (χ1v) is 21.0. The van der Waals surface area contributed by atoms with Crippen molar-refractivity contribution in [1.29, 1.82) is 0 Å². The summed E-state index contributed by atoms with van der Waals surface area (Å²) < 4.78 is 0. The van der Waals surface area contributed by atoms with Crippen LogP contribution in [0.4, 0.5) is 0 Å². The summed E-state index contributed by atoms with van der Waals surface area (Å²) in [5.41, 5.74) is 12.8. The summed E-state index contributed by atoms with van der Waals surface area (Å²) in [5, 5.41) is 17.8. The van der Waals surface area contributed by atoms with Gasteiger partial charge in [0, 0.05) is 0 Å². The molecule has 280 valence electrons. The third-order valence-corrected chi connectivity index (χ3v) is 13.1. The first-order chi connectivity index (χ1) is 29.7. The Balaban J connectivity index is 1.24. The summed E-state index contributed by atoms with van der Waals surface area (Å²) in [6, 6.07) is 77.0. The van der Waals surface area contributed by atoms with Crippen LogP contribution in [0.15, 0.2) is 206 Å². The van der Waals surface area contributed by atoms with Crippen molar-refractivity contribution in [2.45, 2.75) is 13.8 Å². The summed E-state index contributed by atoms with van der Waals surface area (Å²) in [4.78, 5) is 0. The second kappa shape index (κ2) is 13.5. The smallest absolute Gasteiger partial charge is 0.00199 e. The molecular weight excluding hydrogens is 721 g/mol. The van der Waals surface area contributed by atoms with Crippen molar-refractivity contribution in [2.24, 2.45) is 0 Å². The van der Waals surface area contributed by atoms with E-state index in [9.17, 15) is 0 Å². The van der Waals surface area contributed by atoms with E-state index in [2.05, 4.69) is 220 Å². The molecule has 12 rings (SSSR count). The fraction of sp³-hybridized carbons (Fsp3) is 0.0333. The van der Waals surface area contributed by atoms with E-state index >= 15 is 0 Å². The van der Waals surface area contributed by atoms with E-state index in [0.29, 0.717) is 0 Å². The van der Waals surface area contributed by atoms with Crippen LogP contribution in [0.5, 0.6) is 0 Å². The monoisotopic (exact) mass is 760 g/mol. The Hall–Kier alpha value is -7.54. The van der Waals surface area contributed by atoms with Crippen molar-refractivity contribution >= 4 is 75.4 Å². The van der Waals surface area contributed by atoms with Crippen LogP contribution < -0.4 is 0 Å². The molecule has 0 unspecified atom stereocenters. The van der Waals surface area contributed by atoms with Gasteiger partial charge < -0.3 is 0 Å². The van der Waals surface area contributed by atoms with E-state index in [1.165, 1.54) is 131 Å². The van der Waals surface area contributed by atoms with Gasteiger partial charge in [-0.25, -0.2) is 0 Å². The summed E-state index contributed by atoms with van der Waals surface area (Å²) in [6.45, 7) is 4.46. The minimum atomic E-state index is 1.24. The van der Waals surface area contributed by atoms with Crippen molar-refractivity contribution in [1.82, 2.24) is 0 Å². The van der Waals surface area contributed by atoms with Gasteiger partial charge in [0.25, 0.3) is 0 Å². The molecule has 0 aromatic heterocycles. The van der Waals surface area contributed by atoms with Crippen molar-refractivity contribution in [3.05, 3.63) is 217 Å². The van der Waals surface area contributed by atoms with Crippen molar-refractivity contribution in [3.8, 4) is 44.5 Å². The molecule has 12 aromatic carbocycles. The van der Waals surface area contributed by atoms with E-state index < -0.39 is 0 Å². The fourth-order valence-corrected chi connectivity index (χ4v) is 10.5. The lowest BCUT2D eigenvalue weighted by Crippen LogP contribution is -1.95. The Morgan fingerprint density at radius 3 is 0.750 bits per heavy atom. The van der Waals surface area contributed by atoms with Gasteiger partial charge in [-0.2, -0.15) is 0 Å². The molecule has 0 heteroatoms. The molecule has 0 bridgehead atoms. The molecule has 0 aliphatic heterocycles. The fourth-order valence-electron chi connectivity index (χ4n) is 10.5. The van der Waals surface area contributed by atoms with E-state index in [1.807, 2.05) is 0 Å². The Morgan fingerprint density at radius 2 is 0.450 bits per heavy atom. The maximum Gasteiger partial charge on any atom is -0.00199 e. The normalized spacial score (nSPS) is 11.8. The molecule has 0 saturated carbocycles. The van der Waals surface area contributed by atoms with Gasteiger partial charge in [-0.15, -0.1) is 0 Å². The van der Waals surface area contributed by atoms with Gasteiger partial charge in [0.1, 0.15) is 0 Å². The zero-order chi connectivity index (χ0) is 39.9. The summed E-state index contributed by atoms with van der Waals surface area (Å²) in [5.74, 6) is 0. The Morgan fingerprint density at radius 1 is 0.217 bits per heavy atom. The van der Waals surface area contributed by atoms with Gasteiger partial charge in [-0.05, 0) is 157 Å². The molecule has 0 radical (unpaired) electrons.